The molecule has 0 aromatic carbocycles. The number of hydrogen-bond acceptors (Lipinski definition) is 5. The van der Waals surface area contributed by atoms with E-state index in [1.54, 1.807) is 0 Å². The van der Waals surface area contributed by atoms with Crippen LogP contribution in [0.5, 0.6) is 0 Å². The van der Waals surface area contributed by atoms with Crippen LogP contribution in [0.4, 0.5) is 5.82 Å². The van der Waals surface area contributed by atoms with Crippen molar-refractivity contribution < 1.29 is 4.79 Å². The van der Waals surface area contributed by atoms with Crippen LogP contribution in [0.3, 0.4) is 0 Å². The molecule has 1 N–H and O–H groups in total. The summed E-state index contributed by atoms with van der Waals surface area (Å²) < 4.78 is 0. The largest absolute Gasteiger partial charge is 0.354 e. The Morgan fingerprint density at radius 3 is 2.63 bits per heavy atom. The van der Waals surface area contributed by atoms with Gasteiger partial charge in [-0.1, -0.05) is 38.3 Å². The van der Waals surface area contributed by atoms with E-state index in [0.717, 1.165) is 62.7 Å². The molecular weight excluding hydrogens is 362 g/mol. The number of rotatable bonds is 5. The van der Waals surface area contributed by atoms with Crippen molar-refractivity contribution in [3.63, 3.8) is 0 Å². The molecule has 3 rings (SSSR count). The molecule has 2 heterocycles. The van der Waals surface area contributed by atoms with E-state index in [2.05, 4.69) is 38.9 Å². The summed E-state index contributed by atoms with van der Waals surface area (Å²) in [6.45, 7) is 10.2. The molecule has 0 spiro atoms. The molecule has 6 nitrogen and oxygen atoms in total. The second-order valence-electron chi connectivity index (χ2n) is 8.02. The molecule has 7 heteroatoms. The summed E-state index contributed by atoms with van der Waals surface area (Å²) in [4.78, 5) is 25.8. The maximum absolute atomic E-state index is 12.4. The topological polar surface area (TPSA) is 61.4 Å². The number of anilines is 1. The fourth-order valence-corrected chi connectivity index (χ4v) is 4.61. The summed E-state index contributed by atoms with van der Waals surface area (Å²) in [6, 6.07) is 0.362. The van der Waals surface area contributed by atoms with Gasteiger partial charge in [0.1, 0.15) is 16.8 Å². The Labute approximate surface area is 167 Å². The number of halogens is 1. The average molecular weight is 394 g/mol. The van der Waals surface area contributed by atoms with Gasteiger partial charge in [0.15, 0.2) is 0 Å². The van der Waals surface area contributed by atoms with Crippen molar-refractivity contribution in [3.8, 4) is 0 Å². The van der Waals surface area contributed by atoms with Crippen molar-refractivity contribution in [2.24, 2.45) is 5.92 Å². The predicted octanol–water partition coefficient (Wildman–Crippen LogP) is 2.82. The van der Waals surface area contributed by atoms with Gasteiger partial charge in [0.25, 0.3) is 0 Å². The number of amides is 1. The first-order valence-electron chi connectivity index (χ1n) is 10.3. The van der Waals surface area contributed by atoms with Gasteiger partial charge in [-0.3, -0.25) is 9.69 Å². The molecule has 1 aromatic heterocycles. The van der Waals surface area contributed by atoms with Crippen LogP contribution in [0.2, 0.25) is 5.15 Å². The number of aromatic nitrogens is 2. The molecule has 1 amide bonds. The van der Waals surface area contributed by atoms with Crippen molar-refractivity contribution >= 4 is 23.3 Å². The van der Waals surface area contributed by atoms with Crippen LogP contribution in [0, 0.1) is 12.8 Å². The molecule has 27 heavy (non-hydrogen) atoms. The van der Waals surface area contributed by atoms with Gasteiger partial charge in [0.2, 0.25) is 5.91 Å². The summed E-state index contributed by atoms with van der Waals surface area (Å²) in [5.74, 6) is 2.55. The Balaban J connectivity index is 1.51. The molecule has 1 aromatic rings. The first-order valence-corrected chi connectivity index (χ1v) is 10.6. The number of nitrogens with one attached hydrogen (secondary N) is 1. The van der Waals surface area contributed by atoms with Crippen LogP contribution in [-0.2, 0) is 11.2 Å². The Hall–Kier alpha value is -1.40. The zero-order chi connectivity index (χ0) is 19.4. The lowest BCUT2D eigenvalue weighted by atomic mass is 9.87. The van der Waals surface area contributed by atoms with Crippen LogP contribution in [0.15, 0.2) is 0 Å². The van der Waals surface area contributed by atoms with E-state index in [1.165, 1.54) is 12.8 Å². The molecule has 0 bridgehead atoms. The standard InChI is InChI=1S/C20H32ClN5O/c1-4-17-19(21)22-15(3)23-20(17)26-10-8-25(9-11-26)13-18(27)24-16-7-5-6-14(2)12-16/h14,16H,4-13H2,1-3H3,(H,24,27). The minimum absolute atomic E-state index is 0.165. The van der Waals surface area contributed by atoms with Crippen molar-refractivity contribution in [2.75, 3.05) is 37.6 Å². The third kappa shape index (κ3) is 5.32. The second kappa shape index (κ2) is 9.20. The van der Waals surface area contributed by atoms with Crippen molar-refractivity contribution in [3.05, 3.63) is 16.5 Å². The molecule has 2 atom stereocenters. The molecule has 0 radical (unpaired) electrons. The van der Waals surface area contributed by atoms with E-state index in [1.807, 2.05) is 6.92 Å². The van der Waals surface area contributed by atoms with Crippen molar-refractivity contribution in [2.45, 2.75) is 58.9 Å². The van der Waals surface area contributed by atoms with E-state index >= 15 is 0 Å². The number of aryl methyl sites for hydroxylation is 1. The molecule has 1 saturated carbocycles. The highest BCUT2D eigenvalue weighted by Crippen LogP contribution is 2.26. The van der Waals surface area contributed by atoms with E-state index in [-0.39, 0.29) is 5.91 Å². The van der Waals surface area contributed by atoms with Gasteiger partial charge < -0.3 is 10.2 Å². The first-order chi connectivity index (χ1) is 13.0. The normalized spacial score (nSPS) is 24.1. The third-order valence-electron chi connectivity index (χ3n) is 5.74. The van der Waals surface area contributed by atoms with Gasteiger partial charge in [0.05, 0.1) is 6.54 Å². The Kier molecular flexibility index (Phi) is 6.93. The summed E-state index contributed by atoms with van der Waals surface area (Å²) in [5, 5.41) is 3.80. The maximum atomic E-state index is 12.4. The van der Waals surface area contributed by atoms with E-state index in [9.17, 15) is 4.79 Å². The average Bonchev–Trinajstić information content (AvgIpc) is 2.61. The second-order valence-corrected chi connectivity index (χ2v) is 8.37. The number of carbonyl (C=O) groups is 1. The quantitative estimate of drug-likeness (QED) is 0.779. The van der Waals surface area contributed by atoms with Crippen molar-refractivity contribution in [1.82, 2.24) is 20.2 Å². The molecular formula is C20H32ClN5O. The lowest BCUT2D eigenvalue weighted by Crippen LogP contribution is -2.51. The SMILES string of the molecule is CCc1c(Cl)nc(C)nc1N1CCN(CC(=O)NC2CCCC(C)C2)CC1. The zero-order valence-corrected chi connectivity index (χ0v) is 17.6. The summed E-state index contributed by atoms with van der Waals surface area (Å²) in [5.41, 5.74) is 1.01. The molecule has 1 aliphatic carbocycles. The Morgan fingerprint density at radius 1 is 1.22 bits per heavy atom. The van der Waals surface area contributed by atoms with Gasteiger partial charge in [-0.25, -0.2) is 9.97 Å². The molecule has 2 unspecified atom stereocenters. The maximum Gasteiger partial charge on any atom is 0.234 e. The van der Waals surface area contributed by atoms with Gasteiger partial charge >= 0.3 is 0 Å². The van der Waals surface area contributed by atoms with Gasteiger partial charge in [-0.2, -0.15) is 0 Å². The lowest BCUT2D eigenvalue weighted by Gasteiger charge is -2.36. The highest BCUT2D eigenvalue weighted by Gasteiger charge is 2.25. The van der Waals surface area contributed by atoms with E-state index < -0.39 is 0 Å². The van der Waals surface area contributed by atoms with E-state index in [0.29, 0.717) is 23.6 Å². The molecule has 2 aliphatic rings. The summed E-state index contributed by atoms with van der Waals surface area (Å²) >= 11 is 6.31. The van der Waals surface area contributed by atoms with Crippen LogP contribution in [0.1, 0.15) is 50.9 Å². The molecule has 2 fully saturated rings. The monoisotopic (exact) mass is 393 g/mol. The highest BCUT2D eigenvalue weighted by molar-refractivity contribution is 6.30. The number of hydrogen-bond donors (Lipinski definition) is 1. The minimum Gasteiger partial charge on any atom is -0.354 e. The minimum atomic E-state index is 0.165. The third-order valence-corrected chi connectivity index (χ3v) is 6.05. The molecule has 150 valence electrons. The Bertz CT molecular complexity index is 660. The molecule has 1 aliphatic heterocycles. The predicted molar refractivity (Wildman–Crippen MR) is 109 cm³/mol. The number of nitrogens with zero attached hydrogens (tertiary/aromatic N) is 4. The van der Waals surface area contributed by atoms with Crippen LogP contribution in [0.25, 0.3) is 0 Å². The van der Waals surface area contributed by atoms with Crippen molar-refractivity contribution in [1.29, 1.82) is 0 Å². The van der Waals surface area contributed by atoms with Gasteiger partial charge in [0, 0.05) is 37.8 Å². The summed E-state index contributed by atoms with van der Waals surface area (Å²) in [6.07, 6.45) is 5.58. The Morgan fingerprint density at radius 2 is 1.96 bits per heavy atom. The zero-order valence-electron chi connectivity index (χ0n) is 16.8. The summed E-state index contributed by atoms with van der Waals surface area (Å²) in [7, 11) is 0. The lowest BCUT2D eigenvalue weighted by molar-refractivity contribution is -0.123. The number of carbonyl (C=O) groups excluding carboxylic acids is 1. The smallest absolute Gasteiger partial charge is 0.234 e. The van der Waals surface area contributed by atoms with Crippen LogP contribution in [-0.4, -0.2) is 59.5 Å². The van der Waals surface area contributed by atoms with Gasteiger partial charge in [-0.05, 0) is 32.1 Å². The molecule has 1 saturated heterocycles. The number of piperazine rings is 1. The van der Waals surface area contributed by atoms with Gasteiger partial charge in [-0.15, -0.1) is 0 Å². The highest BCUT2D eigenvalue weighted by atomic mass is 35.5. The van der Waals surface area contributed by atoms with E-state index in [4.69, 9.17) is 11.6 Å². The van der Waals surface area contributed by atoms with Crippen LogP contribution >= 0.6 is 11.6 Å². The fraction of sp³-hybridized carbons (Fsp3) is 0.750. The fourth-order valence-electron chi connectivity index (χ4n) is 4.27. The first kappa shape index (κ1) is 20.3. The van der Waals surface area contributed by atoms with Crippen LogP contribution < -0.4 is 10.2 Å².